The first-order valence-corrected chi connectivity index (χ1v) is 22.0. The molecule has 1 aromatic heterocycles. The lowest BCUT2D eigenvalue weighted by Gasteiger charge is -2.40. The average Bonchev–Trinajstić information content (AvgIpc) is 3.59. The van der Waals surface area contributed by atoms with Crippen molar-refractivity contribution in [1.82, 2.24) is 0 Å². The molecule has 0 amide bonds. The lowest BCUT2D eigenvalue weighted by atomic mass is 10.1. The second-order valence-corrected chi connectivity index (χ2v) is 21.5. The van der Waals surface area contributed by atoms with E-state index in [0.29, 0.717) is 5.54 Å². The van der Waals surface area contributed by atoms with Gasteiger partial charge in [0, 0.05) is 10.8 Å². The molecule has 51 heavy (non-hydrogen) atoms. The number of allylic oxidation sites excluding steroid dienone is 4. The Bertz CT molecular complexity index is 2350. The van der Waals surface area contributed by atoms with E-state index in [4.69, 9.17) is 4.42 Å². The van der Waals surface area contributed by atoms with Crippen molar-refractivity contribution in [3.8, 4) is 0 Å². The van der Waals surface area contributed by atoms with Crippen LogP contribution < -0.4 is 36.3 Å². The Morgan fingerprint density at radius 3 is 1.24 bits per heavy atom. The fourth-order valence-electron chi connectivity index (χ4n) is 8.77. The minimum Gasteiger partial charge on any atom is -0.456 e. The molecule has 244 valence electrons. The van der Waals surface area contributed by atoms with Crippen molar-refractivity contribution in [2.24, 2.45) is 0 Å². The first-order valence-electron chi connectivity index (χ1n) is 17.9. The van der Waals surface area contributed by atoms with Crippen molar-refractivity contribution in [2.75, 3.05) is 0 Å². The van der Waals surface area contributed by atoms with E-state index >= 15 is 0 Å². The number of benzene rings is 7. The molecule has 3 heteroatoms. The van der Waals surface area contributed by atoms with Crippen molar-refractivity contribution in [2.45, 2.75) is 12.0 Å². The Kier molecular flexibility index (Phi) is 8.08. The van der Waals surface area contributed by atoms with Gasteiger partial charge in [-0.1, -0.05) is 200 Å². The second-order valence-electron chi connectivity index (χ2n) is 13.6. The molecule has 0 spiro atoms. The molecule has 0 bridgehead atoms. The molecular weight excluding hydrogens is 649 g/mol. The van der Waals surface area contributed by atoms with E-state index in [1.54, 1.807) is 0 Å². The third-order valence-electron chi connectivity index (χ3n) is 11.0. The van der Waals surface area contributed by atoms with Crippen molar-refractivity contribution >= 4 is 74.4 Å². The van der Waals surface area contributed by atoms with Crippen LogP contribution in [0.15, 0.2) is 217 Å². The second kappa shape index (κ2) is 13.2. The Morgan fingerprint density at radius 2 is 0.804 bits per heavy atom. The highest BCUT2D eigenvalue weighted by Gasteiger charge is 2.46. The van der Waals surface area contributed by atoms with E-state index in [1.807, 2.05) is 0 Å². The third kappa shape index (κ3) is 5.12. The maximum atomic E-state index is 6.67. The monoisotopic (exact) mass is 686 g/mol. The van der Waals surface area contributed by atoms with Gasteiger partial charge in [0.05, 0.1) is 0 Å². The summed E-state index contributed by atoms with van der Waals surface area (Å²) in [7, 11) is -5.29. The van der Waals surface area contributed by atoms with Crippen LogP contribution in [0.4, 0.5) is 0 Å². The highest BCUT2D eigenvalue weighted by Crippen LogP contribution is 2.33. The minimum atomic E-state index is -2.71. The average molecular weight is 687 g/mol. The van der Waals surface area contributed by atoms with Crippen LogP contribution in [0.3, 0.4) is 0 Å². The fraction of sp³-hybridized carbons (Fsp3) is 0.0417. The molecule has 1 nitrogen and oxygen atoms in total. The fourth-order valence-corrected chi connectivity index (χ4v) is 18.9. The molecule has 0 saturated carbocycles. The number of hydrogen-bond acceptors (Lipinski definition) is 1. The van der Waals surface area contributed by atoms with Gasteiger partial charge < -0.3 is 4.42 Å². The summed E-state index contributed by atoms with van der Waals surface area (Å²) in [5.74, 6) is 0. The molecule has 1 aliphatic carbocycles. The summed E-state index contributed by atoms with van der Waals surface area (Å²) in [4.78, 5) is 0. The Morgan fingerprint density at radius 1 is 0.392 bits per heavy atom. The number of furan rings is 1. The van der Waals surface area contributed by atoms with Crippen LogP contribution in [0.25, 0.3) is 21.9 Å². The highest BCUT2D eigenvalue weighted by molar-refractivity contribution is 7.20. The quantitative estimate of drug-likeness (QED) is 0.121. The first kappa shape index (κ1) is 31.3. The molecule has 0 aliphatic heterocycles. The van der Waals surface area contributed by atoms with E-state index in [-0.39, 0.29) is 0 Å². The molecule has 1 aliphatic rings. The molecule has 7 aromatic carbocycles. The van der Waals surface area contributed by atoms with Gasteiger partial charge in [0.25, 0.3) is 0 Å². The summed E-state index contributed by atoms with van der Waals surface area (Å²) in [6, 6.07) is 70.1. The normalized spacial score (nSPS) is 14.6. The molecule has 1 heterocycles. The van der Waals surface area contributed by atoms with Gasteiger partial charge in [-0.05, 0) is 60.4 Å². The number of rotatable bonds is 8. The molecule has 0 radical (unpaired) electrons. The molecule has 0 fully saturated rings. The zero-order chi connectivity index (χ0) is 34.1. The summed E-state index contributed by atoms with van der Waals surface area (Å²) >= 11 is 0. The van der Waals surface area contributed by atoms with Crippen molar-refractivity contribution in [1.29, 1.82) is 0 Å². The summed E-state index contributed by atoms with van der Waals surface area (Å²) in [5, 5.41) is 12.1. The van der Waals surface area contributed by atoms with Gasteiger partial charge in [0.1, 0.15) is 11.2 Å². The number of hydrogen-bond donors (Lipinski definition) is 0. The van der Waals surface area contributed by atoms with Crippen LogP contribution in [0, 0.1) is 0 Å². The topological polar surface area (TPSA) is 13.1 Å². The van der Waals surface area contributed by atoms with Crippen LogP contribution in [0.1, 0.15) is 6.42 Å². The SMILES string of the molecule is C1=CCC([Si](c2ccccc2)(c2ccccc2)c2ccc3oc4ccc([Si](c5ccccc5)(c5ccccc5)c5ccccc5)cc4c3c2)C=C1. The van der Waals surface area contributed by atoms with Gasteiger partial charge >= 0.3 is 0 Å². The van der Waals surface area contributed by atoms with Crippen molar-refractivity contribution in [3.63, 3.8) is 0 Å². The Labute approximate surface area is 301 Å². The predicted octanol–water partition coefficient (Wildman–Crippen LogP) is 7.32. The van der Waals surface area contributed by atoms with Gasteiger partial charge in [-0.2, -0.15) is 0 Å². The van der Waals surface area contributed by atoms with E-state index in [1.165, 1.54) is 47.1 Å². The molecule has 0 saturated heterocycles. The van der Waals surface area contributed by atoms with Crippen LogP contribution >= 0.6 is 0 Å². The van der Waals surface area contributed by atoms with Gasteiger partial charge in [0.15, 0.2) is 16.1 Å². The summed E-state index contributed by atoms with van der Waals surface area (Å²) in [5.41, 5.74) is 2.23. The van der Waals surface area contributed by atoms with Crippen molar-refractivity contribution in [3.05, 3.63) is 212 Å². The summed E-state index contributed by atoms with van der Waals surface area (Å²) in [6.45, 7) is 0. The van der Waals surface area contributed by atoms with Gasteiger partial charge in [-0.25, -0.2) is 0 Å². The summed E-state index contributed by atoms with van der Waals surface area (Å²) in [6.07, 6.45) is 10.3. The van der Waals surface area contributed by atoms with E-state index in [9.17, 15) is 0 Å². The predicted molar refractivity (Wildman–Crippen MR) is 222 cm³/mol. The molecule has 8 aromatic rings. The maximum Gasteiger partial charge on any atom is 0.179 e. The largest absolute Gasteiger partial charge is 0.456 e. The zero-order valence-corrected chi connectivity index (χ0v) is 30.4. The third-order valence-corrected chi connectivity index (χ3v) is 21.0. The van der Waals surface area contributed by atoms with Crippen molar-refractivity contribution < 1.29 is 4.42 Å². The van der Waals surface area contributed by atoms with Crippen LogP contribution in [-0.2, 0) is 0 Å². The molecule has 9 rings (SSSR count). The van der Waals surface area contributed by atoms with E-state index < -0.39 is 16.1 Å². The summed E-state index contributed by atoms with van der Waals surface area (Å²) < 4.78 is 6.67. The van der Waals surface area contributed by atoms with E-state index in [2.05, 4.69) is 212 Å². The van der Waals surface area contributed by atoms with Gasteiger partial charge in [0.2, 0.25) is 0 Å². The lowest BCUT2D eigenvalue weighted by Crippen LogP contribution is -2.74. The van der Waals surface area contributed by atoms with Crippen LogP contribution in [-0.4, -0.2) is 16.1 Å². The number of fused-ring (bicyclic) bond motifs is 3. The molecule has 0 N–H and O–H groups in total. The standard InChI is InChI=1S/C48H38OSi2/c1-7-19-37(20-8-1)50(38-21-9-2-10-22-38,39-23-11-3-12-24-39)43-31-33-47-45(35-43)46-36-44(32-34-48(46)49-47)51(40-25-13-4-14-26-40,41-27-15-5-16-28-41)42-29-17-6-18-30-42/h1-29,31-36,42H,30H2. The van der Waals surface area contributed by atoms with Crippen LogP contribution in [0.5, 0.6) is 0 Å². The maximum absolute atomic E-state index is 6.67. The Balaban J connectivity index is 1.34. The lowest BCUT2D eigenvalue weighted by molar-refractivity contribution is 0.669. The van der Waals surface area contributed by atoms with E-state index in [0.717, 1.165) is 17.6 Å². The first-order chi connectivity index (χ1) is 25.3. The molecule has 1 atom stereocenters. The smallest absolute Gasteiger partial charge is 0.179 e. The Hall–Kier alpha value is -5.75. The van der Waals surface area contributed by atoms with Crippen LogP contribution in [0.2, 0.25) is 5.54 Å². The molecule has 1 unspecified atom stereocenters. The zero-order valence-electron chi connectivity index (χ0n) is 28.4. The van der Waals surface area contributed by atoms with Gasteiger partial charge in [-0.3, -0.25) is 0 Å². The minimum absolute atomic E-state index is 0.368. The van der Waals surface area contributed by atoms with Gasteiger partial charge in [-0.15, -0.1) is 0 Å². The molecular formula is C48H38OSi2. The highest BCUT2D eigenvalue weighted by atomic mass is 28.3.